The molecule has 19 heavy (non-hydrogen) atoms. The van der Waals surface area contributed by atoms with Crippen LogP contribution in [-0.4, -0.2) is 30.2 Å². The number of nitrogens with zero attached hydrogens (tertiary/aromatic N) is 2. The van der Waals surface area contributed by atoms with Crippen LogP contribution in [0.3, 0.4) is 0 Å². The summed E-state index contributed by atoms with van der Waals surface area (Å²) in [4.78, 5) is 2.43. The van der Waals surface area contributed by atoms with Crippen LogP contribution in [0.25, 0.3) is 0 Å². The number of hydrogen-bond donors (Lipinski definition) is 1. The van der Waals surface area contributed by atoms with Crippen LogP contribution in [0, 0.1) is 5.92 Å². The van der Waals surface area contributed by atoms with Gasteiger partial charge in [-0.15, -0.1) is 0 Å². The van der Waals surface area contributed by atoms with E-state index in [2.05, 4.69) is 35.4 Å². The highest BCUT2D eigenvalue weighted by Gasteiger charge is 2.23. The van der Waals surface area contributed by atoms with Gasteiger partial charge < -0.3 is 9.84 Å². The molecule has 1 saturated carbocycles. The van der Waals surface area contributed by atoms with Gasteiger partial charge in [-0.1, -0.05) is 18.5 Å². The van der Waals surface area contributed by atoms with Crippen molar-refractivity contribution < 1.29 is 4.52 Å². The van der Waals surface area contributed by atoms with Crippen molar-refractivity contribution >= 4 is 0 Å². The lowest BCUT2D eigenvalue weighted by atomic mass is 9.84. The van der Waals surface area contributed by atoms with Gasteiger partial charge in [-0.05, 0) is 45.7 Å². The predicted molar refractivity (Wildman–Crippen MR) is 76.8 cm³/mol. The van der Waals surface area contributed by atoms with Crippen molar-refractivity contribution in [3.8, 4) is 0 Å². The molecule has 4 heteroatoms. The molecule has 1 aromatic heterocycles. The highest BCUT2D eigenvalue weighted by molar-refractivity contribution is 5.05. The highest BCUT2D eigenvalue weighted by atomic mass is 16.5. The smallest absolute Gasteiger partial charge is 0.151 e. The van der Waals surface area contributed by atoms with Gasteiger partial charge >= 0.3 is 0 Å². The number of aromatic nitrogens is 1. The maximum absolute atomic E-state index is 5.39. The lowest BCUT2D eigenvalue weighted by molar-refractivity contribution is 0.145. The van der Waals surface area contributed by atoms with Crippen LogP contribution in [0.15, 0.2) is 10.6 Å². The van der Waals surface area contributed by atoms with E-state index in [9.17, 15) is 0 Å². The van der Waals surface area contributed by atoms with E-state index in [0.29, 0.717) is 6.04 Å². The number of nitrogens with one attached hydrogen (secondary N) is 1. The van der Waals surface area contributed by atoms with Gasteiger partial charge in [0.1, 0.15) is 0 Å². The summed E-state index contributed by atoms with van der Waals surface area (Å²) < 4.78 is 5.39. The summed E-state index contributed by atoms with van der Waals surface area (Å²) in [6.45, 7) is 3.96. The first-order valence-electron chi connectivity index (χ1n) is 7.52. The van der Waals surface area contributed by atoms with Gasteiger partial charge in [0.05, 0.1) is 12.2 Å². The van der Waals surface area contributed by atoms with Crippen LogP contribution >= 0.6 is 0 Å². The van der Waals surface area contributed by atoms with Gasteiger partial charge in [0.25, 0.3) is 0 Å². The zero-order valence-corrected chi connectivity index (χ0v) is 12.5. The minimum absolute atomic E-state index is 0.709. The van der Waals surface area contributed by atoms with Crippen LogP contribution in [0.5, 0.6) is 0 Å². The normalized spacial score (nSPS) is 24.0. The lowest BCUT2D eigenvalue weighted by Crippen LogP contribution is -2.34. The Morgan fingerprint density at radius 2 is 2.11 bits per heavy atom. The van der Waals surface area contributed by atoms with Crippen molar-refractivity contribution in [2.75, 3.05) is 14.1 Å². The standard InChI is InChI=1S/C15H27N3O/c1-4-12-5-7-14(8-6-12)18(3)11-15-9-13(10-16-2)17-19-15/h9,12,14,16H,4-8,10-11H2,1-3H3. The summed E-state index contributed by atoms with van der Waals surface area (Å²) in [6, 6.07) is 2.77. The monoisotopic (exact) mass is 265 g/mol. The molecule has 4 nitrogen and oxygen atoms in total. The van der Waals surface area contributed by atoms with E-state index in [1.54, 1.807) is 0 Å². The molecule has 1 heterocycles. The van der Waals surface area contributed by atoms with E-state index in [4.69, 9.17) is 4.52 Å². The lowest BCUT2D eigenvalue weighted by Gasteiger charge is -2.33. The fourth-order valence-corrected chi connectivity index (χ4v) is 3.06. The Balaban J connectivity index is 1.81. The third kappa shape index (κ3) is 4.05. The second-order valence-corrected chi connectivity index (χ2v) is 5.81. The molecule has 0 aliphatic heterocycles. The quantitative estimate of drug-likeness (QED) is 0.858. The predicted octanol–water partition coefficient (Wildman–Crippen LogP) is 2.79. The van der Waals surface area contributed by atoms with E-state index in [-0.39, 0.29) is 0 Å². The average molecular weight is 265 g/mol. The van der Waals surface area contributed by atoms with E-state index in [1.165, 1.54) is 32.1 Å². The Morgan fingerprint density at radius 1 is 1.37 bits per heavy atom. The summed E-state index contributed by atoms with van der Waals surface area (Å²) in [5.74, 6) is 1.93. The van der Waals surface area contributed by atoms with E-state index >= 15 is 0 Å². The van der Waals surface area contributed by atoms with Gasteiger partial charge in [-0.2, -0.15) is 0 Å². The SMILES string of the molecule is CCC1CCC(N(C)Cc2cc(CNC)no2)CC1. The molecule has 0 radical (unpaired) electrons. The minimum atomic E-state index is 0.709. The summed E-state index contributed by atoms with van der Waals surface area (Å²) in [5.41, 5.74) is 0.987. The molecular formula is C15H27N3O. The Bertz CT molecular complexity index is 369. The van der Waals surface area contributed by atoms with Crippen molar-refractivity contribution in [1.82, 2.24) is 15.4 Å². The molecule has 108 valence electrons. The molecule has 1 aliphatic carbocycles. The molecule has 2 rings (SSSR count). The molecule has 1 aliphatic rings. The first-order chi connectivity index (χ1) is 9.22. The Kier molecular flexibility index (Phi) is 5.40. The molecule has 0 unspecified atom stereocenters. The van der Waals surface area contributed by atoms with Gasteiger partial charge in [0, 0.05) is 18.7 Å². The molecule has 0 bridgehead atoms. The fourth-order valence-electron chi connectivity index (χ4n) is 3.06. The molecule has 0 atom stereocenters. The third-order valence-corrected chi connectivity index (χ3v) is 4.39. The summed E-state index contributed by atoms with van der Waals surface area (Å²) in [6.07, 6.45) is 6.75. The first kappa shape index (κ1) is 14.5. The first-order valence-corrected chi connectivity index (χ1v) is 7.52. The Morgan fingerprint density at radius 3 is 2.74 bits per heavy atom. The molecule has 0 amide bonds. The molecule has 0 aromatic carbocycles. The molecule has 1 N–H and O–H groups in total. The zero-order chi connectivity index (χ0) is 13.7. The van der Waals surface area contributed by atoms with Gasteiger partial charge in [0.15, 0.2) is 5.76 Å². The van der Waals surface area contributed by atoms with Crippen molar-refractivity contribution in [2.45, 2.75) is 58.2 Å². The molecule has 0 spiro atoms. The summed E-state index contributed by atoms with van der Waals surface area (Å²) >= 11 is 0. The molecular weight excluding hydrogens is 238 g/mol. The second kappa shape index (κ2) is 7.06. The van der Waals surface area contributed by atoms with E-state index < -0.39 is 0 Å². The maximum Gasteiger partial charge on any atom is 0.151 e. The van der Waals surface area contributed by atoms with Crippen molar-refractivity contribution in [2.24, 2.45) is 5.92 Å². The number of hydrogen-bond acceptors (Lipinski definition) is 4. The molecule has 0 saturated heterocycles. The van der Waals surface area contributed by atoms with Crippen LogP contribution in [0.4, 0.5) is 0 Å². The van der Waals surface area contributed by atoms with E-state index in [1.807, 2.05) is 7.05 Å². The second-order valence-electron chi connectivity index (χ2n) is 5.81. The van der Waals surface area contributed by atoms with Gasteiger partial charge in [-0.25, -0.2) is 0 Å². The largest absolute Gasteiger partial charge is 0.360 e. The average Bonchev–Trinajstić information content (AvgIpc) is 2.86. The van der Waals surface area contributed by atoms with Crippen LogP contribution < -0.4 is 5.32 Å². The topological polar surface area (TPSA) is 41.3 Å². The third-order valence-electron chi connectivity index (χ3n) is 4.39. The number of rotatable bonds is 6. The molecule has 1 aromatic rings. The highest BCUT2D eigenvalue weighted by Crippen LogP contribution is 2.29. The minimum Gasteiger partial charge on any atom is -0.360 e. The fraction of sp³-hybridized carbons (Fsp3) is 0.800. The Labute approximate surface area is 116 Å². The van der Waals surface area contributed by atoms with Crippen LogP contribution in [0.2, 0.25) is 0 Å². The maximum atomic E-state index is 5.39. The van der Waals surface area contributed by atoms with Crippen molar-refractivity contribution in [3.63, 3.8) is 0 Å². The Hall–Kier alpha value is -0.870. The van der Waals surface area contributed by atoms with E-state index in [0.717, 1.165) is 30.5 Å². The summed E-state index contributed by atoms with van der Waals surface area (Å²) in [5, 5.41) is 7.15. The summed E-state index contributed by atoms with van der Waals surface area (Å²) in [7, 11) is 4.13. The van der Waals surface area contributed by atoms with Crippen LogP contribution in [0.1, 0.15) is 50.5 Å². The van der Waals surface area contributed by atoms with Gasteiger partial charge in [-0.3, -0.25) is 4.90 Å². The van der Waals surface area contributed by atoms with Gasteiger partial charge in [0.2, 0.25) is 0 Å². The zero-order valence-electron chi connectivity index (χ0n) is 12.5. The molecule has 1 fully saturated rings. The van der Waals surface area contributed by atoms with Crippen molar-refractivity contribution in [1.29, 1.82) is 0 Å². The van der Waals surface area contributed by atoms with Crippen LogP contribution in [-0.2, 0) is 13.1 Å². The van der Waals surface area contributed by atoms with Crippen molar-refractivity contribution in [3.05, 3.63) is 17.5 Å².